The van der Waals surface area contributed by atoms with Crippen molar-refractivity contribution < 1.29 is 14.3 Å². The topological polar surface area (TPSA) is 82.3 Å². The predicted molar refractivity (Wildman–Crippen MR) is 101 cm³/mol. The average Bonchev–Trinajstić information content (AvgIpc) is 3.09. The molecule has 0 atom stereocenters. The quantitative estimate of drug-likeness (QED) is 0.677. The molecule has 3 aromatic rings. The van der Waals surface area contributed by atoms with E-state index in [1.807, 2.05) is 30.5 Å². The number of aryl methyl sites for hydroxylation is 1. The van der Waals surface area contributed by atoms with E-state index in [0.29, 0.717) is 11.3 Å². The molecular formula is C20H18N2O3S. The van der Waals surface area contributed by atoms with Crippen LogP contribution in [-0.2, 0) is 22.6 Å². The second-order valence-electron chi connectivity index (χ2n) is 5.91. The molecule has 0 spiro atoms. The van der Waals surface area contributed by atoms with Crippen molar-refractivity contribution in [3.05, 3.63) is 76.3 Å². The highest BCUT2D eigenvalue weighted by Gasteiger charge is 2.11. The summed E-state index contributed by atoms with van der Waals surface area (Å²) in [6.45, 7) is 2.18. The molecule has 0 saturated heterocycles. The van der Waals surface area contributed by atoms with E-state index >= 15 is 0 Å². The van der Waals surface area contributed by atoms with Crippen LogP contribution in [0, 0.1) is 6.92 Å². The second kappa shape index (κ2) is 7.93. The van der Waals surface area contributed by atoms with Gasteiger partial charge in [0.1, 0.15) is 11.6 Å². The maximum absolute atomic E-state index is 12.0. The number of aromatic nitrogens is 1. The van der Waals surface area contributed by atoms with Gasteiger partial charge in [-0.05, 0) is 30.7 Å². The van der Waals surface area contributed by atoms with Gasteiger partial charge in [-0.2, -0.15) is 0 Å². The van der Waals surface area contributed by atoms with Crippen molar-refractivity contribution in [2.24, 2.45) is 5.73 Å². The number of ether oxygens (including phenoxy) is 1. The molecule has 0 aliphatic heterocycles. The van der Waals surface area contributed by atoms with Gasteiger partial charge in [0, 0.05) is 16.5 Å². The number of carbonyl (C=O) groups excluding carboxylic acids is 2. The summed E-state index contributed by atoms with van der Waals surface area (Å²) < 4.78 is 5.28. The van der Waals surface area contributed by atoms with Crippen LogP contribution in [0.4, 0.5) is 0 Å². The van der Waals surface area contributed by atoms with Gasteiger partial charge >= 0.3 is 5.97 Å². The van der Waals surface area contributed by atoms with Crippen molar-refractivity contribution in [2.45, 2.75) is 20.0 Å². The molecule has 0 unspecified atom stereocenters. The molecule has 2 aromatic carbocycles. The highest BCUT2D eigenvalue weighted by molar-refractivity contribution is 7.13. The van der Waals surface area contributed by atoms with Crippen LogP contribution in [0.15, 0.2) is 53.9 Å². The Hall–Kier alpha value is -2.99. The summed E-state index contributed by atoms with van der Waals surface area (Å²) in [5, 5.41) is 2.76. The van der Waals surface area contributed by atoms with Crippen molar-refractivity contribution in [2.75, 3.05) is 0 Å². The Morgan fingerprint density at radius 3 is 2.62 bits per heavy atom. The first-order valence-corrected chi connectivity index (χ1v) is 8.95. The van der Waals surface area contributed by atoms with E-state index in [9.17, 15) is 9.59 Å². The standard InChI is InChI=1S/C20H18N2O3S/c1-13-3-2-4-16(9-13)20-22-17(12-26-20)10-18(23)25-11-14-5-7-15(8-6-14)19(21)24/h2-9,12H,10-11H2,1H3,(H2,21,24). The van der Waals surface area contributed by atoms with Crippen molar-refractivity contribution in [1.82, 2.24) is 4.98 Å². The summed E-state index contributed by atoms with van der Waals surface area (Å²) in [7, 11) is 0. The zero-order valence-electron chi connectivity index (χ0n) is 14.3. The minimum absolute atomic E-state index is 0.127. The molecule has 1 heterocycles. The Bertz CT molecular complexity index is 932. The summed E-state index contributed by atoms with van der Waals surface area (Å²) in [4.78, 5) is 27.6. The number of rotatable bonds is 6. The third-order valence-electron chi connectivity index (χ3n) is 3.78. The molecule has 1 aromatic heterocycles. The Morgan fingerprint density at radius 1 is 1.15 bits per heavy atom. The van der Waals surface area contributed by atoms with Crippen LogP contribution in [0.2, 0.25) is 0 Å². The molecule has 3 rings (SSSR count). The lowest BCUT2D eigenvalue weighted by Crippen LogP contribution is -2.11. The van der Waals surface area contributed by atoms with Gasteiger partial charge in [0.2, 0.25) is 5.91 Å². The first-order valence-electron chi connectivity index (χ1n) is 8.07. The van der Waals surface area contributed by atoms with E-state index in [-0.39, 0.29) is 19.0 Å². The summed E-state index contributed by atoms with van der Waals surface area (Å²) in [5.41, 5.74) is 9.32. The van der Waals surface area contributed by atoms with Gasteiger partial charge in [-0.3, -0.25) is 9.59 Å². The van der Waals surface area contributed by atoms with E-state index < -0.39 is 5.91 Å². The Kier molecular flexibility index (Phi) is 5.43. The molecular weight excluding hydrogens is 348 g/mol. The lowest BCUT2D eigenvalue weighted by molar-refractivity contribution is -0.144. The number of benzene rings is 2. The number of nitrogens with two attached hydrogens (primary N) is 1. The number of primary amides is 1. The zero-order valence-corrected chi connectivity index (χ0v) is 15.1. The van der Waals surface area contributed by atoms with Crippen LogP contribution in [-0.4, -0.2) is 16.9 Å². The predicted octanol–water partition coefficient (Wildman–Crippen LogP) is 3.50. The molecule has 1 amide bonds. The fraction of sp³-hybridized carbons (Fsp3) is 0.150. The maximum Gasteiger partial charge on any atom is 0.312 e. The Labute approximate surface area is 155 Å². The first-order chi connectivity index (χ1) is 12.5. The summed E-state index contributed by atoms with van der Waals surface area (Å²) in [5.74, 6) is -0.827. The summed E-state index contributed by atoms with van der Waals surface area (Å²) in [6, 6.07) is 14.7. The number of hydrogen-bond donors (Lipinski definition) is 1. The normalized spacial score (nSPS) is 10.5. The highest BCUT2D eigenvalue weighted by atomic mass is 32.1. The smallest absolute Gasteiger partial charge is 0.312 e. The first kappa shape index (κ1) is 17.8. The van der Waals surface area contributed by atoms with Gasteiger partial charge in [0.05, 0.1) is 12.1 Å². The maximum atomic E-state index is 12.0. The minimum Gasteiger partial charge on any atom is -0.461 e. The van der Waals surface area contributed by atoms with Crippen LogP contribution < -0.4 is 5.73 Å². The van der Waals surface area contributed by atoms with E-state index in [2.05, 4.69) is 11.1 Å². The summed E-state index contributed by atoms with van der Waals surface area (Å²) >= 11 is 1.51. The van der Waals surface area contributed by atoms with E-state index in [1.165, 1.54) is 16.9 Å². The third-order valence-corrected chi connectivity index (χ3v) is 4.72. The van der Waals surface area contributed by atoms with E-state index in [4.69, 9.17) is 10.5 Å². The number of nitrogens with zero attached hydrogens (tertiary/aromatic N) is 1. The van der Waals surface area contributed by atoms with Crippen LogP contribution in [0.5, 0.6) is 0 Å². The van der Waals surface area contributed by atoms with Crippen LogP contribution in [0.1, 0.15) is 27.2 Å². The van der Waals surface area contributed by atoms with E-state index in [0.717, 1.165) is 16.1 Å². The lowest BCUT2D eigenvalue weighted by atomic mass is 10.1. The van der Waals surface area contributed by atoms with Gasteiger partial charge < -0.3 is 10.5 Å². The zero-order chi connectivity index (χ0) is 18.5. The monoisotopic (exact) mass is 366 g/mol. The van der Waals surface area contributed by atoms with Gasteiger partial charge in [0.15, 0.2) is 0 Å². The number of amides is 1. The Balaban J connectivity index is 1.56. The van der Waals surface area contributed by atoms with Crippen LogP contribution in [0.25, 0.3) is 10.6 Å². The highest BCUT2D eigenvalue weighted by Crippen LogP contribution is 2.24. The fourth-order valence-electron chi connectivity index (χ4n) is 2.43. The molecule has 0 bridgehead atoms. The molecule has 6 heteroatoms. The third kappa shape index (κ3) is 4.55. The van der Waals surface area contributed by atoms with Crippen molar-refractivity contribution >= 4 is 23.2 Å². The molecule has 0 saturated carbocycles. The van der Waals surface area contributed by atoms with Gasteiger partial charge in [-0.15, -0.1) is 11.3 Å². The molecule has 0 aliphatic rings. The second-order valence-corrected chi connectivity index (χ2v) is 6.77. The largest absolute Gasteiger partial charge is 0.461 e. The minimum atomic E-state index is -0.485. The molecule has 2 N–H and O–H groups in total. The van der Waals surface area contributed by atoms with Crippen LogP contribution >= 0.6 is 11.3 Å². The van der Waals surface area contributed by atoms with Gasteiger partial charge in [0.25, 0.3) is 0 Å². The van der Waals surface area contributed by atoms with Crippen molar-refractivity contribution in [3.63, 3.8) is 0 Å². The van der Waals surface area contributed by atoms with Gasteiger partial charge in [-0.25, -0.2) is 4.98 Å². The molecule has 132 valence electrons. The van der Waals surface area contributed by atoms with E-state index in [1.54, 1.807) is 24.3 Å². The number of hydrogen-bond acceptors (Lipinski definition) is 5. The van der Waals surface area contributed by atoms with Crippen LogP contribution in [0.3, 0.4) is 0 Å². The molecule has 0 radical (unpaired) electrons. The SMILES string of the molecule is Cc1cccc(-c2nc(CC(=O)OCc3ccc(C(N)=O)cc3)cs2)c1. The Morgan fingerprint density at radius 2 is 1.92 bits per heavy atom. The molecule has 0 aliphatic carbocycles. The molecule has 5 nitrogen and oxygen atoms in total. The summed E-state index contributed by atoms with van der Waals surface area (Å²) in [6.07, 6.45) is 0.127. The van der Waals surface area contributed by atoms with Crippen molar-refractivity contribution in [3.8, 4) is 10.6 Å². The fourth-order valence-corrected chi connectivity index (χ4v) is 3.24. The lowest BCUT2D eigenvalue weighted by Gasteiger charge is -2.04. The average molecular weight is 366 g/mol. The number of thiazole rings is 1. The van der Waals surface area contributed by atoms with Crippen molar-refractivity contribution in [1.29, 1.82) is 0 Å². The molecule has 0 fully saturated rings. The number of esters is 1. The molecule has 26 heavy (non-hydrogen) atoms. The van der Waals surface area contributed by atoms with Gasteiger partial charge in [-0.1, -0.05) is 35.9 Å². The number of carbonyl (C=O) groups is 2.